The van der Waals surface area contributed by atoms with Crippen LogP contribution >= 0.6 is 0 Å². The second-order valence-electron chi connectivity index (χ2n) is 4.12. The predicted octanol–water partition coefficient (Wildman–Crippen LogP) is 2.78. The maximum absolute atomic E-state index is 9.13. The van der Waals surface area contributed by atoms with Gasteiger partial charge < -0.3 is 0 Å². The number of benzene rings is 1. The highest BCUT2D eigenvalue weighted by Gasteiger charge is 2.19. The quantitative estimate of drug-likeness (QED) is 0.814. The van der Waals surface area contributed by atoms with E-state index >= 15 is 0 Å². The van der Waals surface area contributed by atoms with Crippen LogP contribution in [0.4, 0.5) is 0 Å². The number of nitriles is 1. The van der Waals surface area contributed by atoms with E-state index in [1.807, 2.05) is 30.3 Å². The summed E-state index contributed by atoms with van der Waals surface area (Å²) < 4.78 is 0. The van der Waals surface area contributed by atoms with Crippen LogP contribution in [0.3, 0.4) is 0 Å². The Kier molecular flexibility index (Phi) is 3.37. The lowest BCUT2D eigenvalue weighted by molar-refractivity contribution is 0.492. The minimum absolute atomic E-state index is 0.144. The van der Waals surface area contributed by atoms with E-state index in [4.69, 9.17) is 5.26 Å². The molecule has 0 saturated heterocycles. The van der Waals surface area contributed by atoms with E-state index in [-0.39, 0.29) is 6.04 Å². The molecule has 0 spiro atoms. The van der Waals surface area contributed by atoms with Crippen molar-refractivity contribution in [1.82, 2.24) is 5.32 Å². The van der Waals surface area contributed by atoms with Crippen LogP contribution in [0.2, 0.25) is 0 Å². The van der Waals surface area contributed by atoms with Gasteiger partial charge in [-0.1, -0.05) is 43.2 Å². The Hall–Kier alpha value is -1.33. The van der Waals surface area contributed by atoms with E-state index in [0.717, 1.165) is 5.56 Å². The molecule has 0 bridgehead atoms. The van der Waals surface area contributed by atoms with Gasteiger partial charge >= 0.3 is 0 Å². The SMILES string of the molecule is N#CC(NC1CCCC1)c1ccccc1. The third-order valence-corrected chi connectivity index (χ3v) is 3.02. The number of hydrogen-bond donors (Lipinski definition) is 1. The summed E-state index contributed by atoms with van der Waals surface area (Å²) in [4.78, 5) is 0. The van der Waals surface area contributed by atoms with Gasteiger partial charge in [0.1, 0.15) is 6.04 Å². The summed E-state index contributed by atoms with van der Waals surface area (Å²) in [6, 6.07) is 12.7. The second kappa shape index (κ2) is 4.95. The van der Waals surface area contributed by atoms with Crippen molar-refractivity contribution in [2.24, 2.45) is 0 Å². The molecule has 1 aromatic rings. The topological polar surface area (TPSA) is 35.8 Å². The Balaban J connectivity index is 2.02. The van der Waals surface area contributed by atoms with Crippen molar-refractivity contribution in [3.63, 3.8) is 0 Å². The largest absolute Gasteiger partial charge is 0.295 e. The summed E-state index contributed by atoms with van der Waals surface area (Å²) in [6.45, 7) is 0. The van der Waals surface area contributed by atoms with Crippen molar-refractivity contribution >= 4 is 0 Å². The minimum Gasteiger partial charge on any atom is -0.295 e. The van der Waals surface area contributed by atoms with Crippen LogP contribution in [0, 0.1) is 11.3 Å². The van der Waals surface area contributed by atoms with Crippen LogP contribution in [-0.2, 0) is 0 Å². The van der Waals surface area contributed by atoms with E-state index in [0.29, 0.717) is 6.04 Å². The molecule has 1 aliphatic rings. The van der Waals surface area contributed by atoms with E-state index in [1.54, 1.807) is 0 Å². The summed E-state index contributed by atoms with van der Waals surface area (Å²) in [5.41, 5.74) is 1.08. The third kappa shape index (κ3) is 2.57. The fourth-order valence-corrected chi connectivity index (χ4v) is 2.18. The Morgan fingerprint density at radius 3 is 2.47 bits per heavy atom. The normalized spacial score (nSPS) is 18.6. The van der Waals surface area contributed by atoms with E-state index in [2.05, 4.69) is 11.4 Å². The van der Waals surface area contributed by atoms with Crippen molar-refractivity contribution in [1.29, 1.82) is 5.26 Å². The Bertz CT molecular complexity index is 333. The summed E-state index contributed by atoms with van der Waals surface area (Å²) >= 11 is 0. The molecule has 0 radical (unpaired) electrons. The van der Waals surface area contributed by atoms with Crippen LogP contribution in [0.25, 0.3) is 0 Å². The first-order valence-electron chi connectivity index (χ1n) is 5.61. The van der Waals surface area contributed by atoms with Gasteiger partial charge in [0.05, 0.1) is 6.07 Å². The van der Waals surface area contributed by atoms with Gasteiger partial charge in [-0.05, 0) is 18.4 Å². The molecule has 1 aliphatic carbocycles. The molecule has 1 N–H and O–H groups in total. The molecule has 15 heavy (non-hydrogen) atoms. The van der Waals surface area contributed by atoms with Crippen LogP contribution < -0.4 is 5.32 Å². The van der Waals surface area contributed by atoms with Gasteiger partial charge in [0.2, 0.25) is 0 Å². The first kappa shape index (κ1) is 10.2. The summed E-state index contributed by atoms with van der Waals surface area (Å²) in [7, 11) is 0. The molecule has 1 fully saturated rings. The van der Waals surface area contributed by atoms with E-state index in [1.165, 1.54) is 25.7 Å². The van der Waals surface area contributed by atoms with Gasteiger partial charge in [-0.3, -0.25) is 5.32 Å². The average Bonchev–Trinajstić information content (AvgIpc) is 2.80. The first-order valence-corrected chi connectivity index (χ1v) is 5.61. The van der Waals surface area contributed by atoms with Crippen molar-refractivity contribution in [3.8, 4) is 6.07 Å². The van der Waals surface area contributed by atoms with Crippen molar-refractivity contribution in [2.75, 3.05) is 0 Å². The standard InChI is InChI=1S/C13H16N2/c14-10-13(11-6-2-1-3-7-11)15-12-8-4-5-9-12/h1-3,6-7,12-13,15H,4-5,8-9H2. The monoisotopic (exact) mass is 200 g/mol. The number of nitrogens with zero attached hydrogens (tertiary/aromatic N) is 1. The highest BCUT2D eigenvalue weighted by molar-refractivity contribution is 5.23. The Labute approximate surface area is 90.9 Å². The van der Waals surface area contributed by atoms with Crippen LogP contribution in [-0.4, -0.2) is 6.04 Å². The lowest BCUT2D eigenvalue weighted by Gasteiger charge is -2.17. The molecule has 2 nitrogen and oxygen atoms in total. The molecule has 2 rings (SSSR count). The van der Waals surface area contributed by atoms with Gasteiger partial charge in [0.25, 0.3) is 0 Å². The molecule has 1 atom stereocenters. The van der Waals surface area contributed by atoms with Gasteiger partial charge in [0, 0.05) is 6.04 Å². The molecular formula is C13H16N2. The number of rotatable bonds is 3. The van der Waals surface area contributed by atoms with Crippen LogP contribution in [0.5, 0.6) is 0 Å². The van der Waals surface area contributed by atoms with Crippen LogP contribution in [0.1, 0.15) is 37.3 Å². The third-order valence-electron chi connectivity index (χ3n) is 3.02. The fourth-order valence-electron chi connectivity index (χ4n) is 2.18. The van der Waals surface area contributed by atoms with Gasteiger partial charge in [-0.15, -0.1) is 0 Å². The Morgan fingerprint density at radius 2 is 1.87 bits per heavy atom. The summed E-state index contributed by atoms with van der Waals surface area (Å²) in [5.74, 6) is 0. The number of hydrogen-bond acceptors (Lipinski definition) is 2. The highest BCUT2D eigenvalue weighted by Crippen LogP contribution is 2.21. The summed E-state index contributed by atoms with van der Waals surface area (Å²) in [5, 5.41) is 12.5. The van der Waals surface area contributed by atoms with Gasteiger partial charge in [-0.2, -0.15) is 5.26 Å². The Morgan fingerprint density at radius 1 is 1.20 bits per heavy atom. The molecule has 0 amide bonds. The average molecular weight is 200 g/mol. The van der Waals surface area contributed by atoms with Crippen molar-refractivity contribution in [2.45, 2.75) is 37.8 Å². The summed E-state index contributed by atoms with van der Waals surface area (Å²) in [6.07, 6.45) is 5.02. The maximum Gasteiger partial charge on any atom is 0.121 e. The second-order valence-corrected chi connectivity index (χ2v) is 4.12. The molecule has 0 aliphatic heterocycles. The predicted molar refractivity (Wildman–Crippen MR) is 60.2 cm³/mol. The van der Waals surface area contributed by atoms with E-state index in [9.17, 15) is 0 Å². The zero-order chi connectivity index (χ0) is 10.5. The van der Waals surface area contributed by atoms with E-state index < -0.39 is 0 Å². The molecule has 2 heteroatoms. The zero-order valence-corrected chi connectivity index (χ0v) is 8.82. The minimum atomic E-state index is -0.144. The van der Waals surface area contributed by atoms with Gasteiger partial charge in [0.15, 0.2) is 0 Å². The first-order chi connectivity index (χ1) is 7.40. The van der Waals surface area contributed by atoms with Gasteiger partial charge in [-0.25, -0.2) is 0 Å². The molecule has 1 saturated carbocycles. The zero-order valence-electron chi connectivity index (χ0n) is 8.82. The smallest absolute Gasteiger partial charge is 0.121 e. The molecule has 0 aromatic heterocycles. The fraction of sp³-hybridized carbons (Fsp3) is 0.462. The van der Waals surface area contributed by atoms with Crippen LogP contribution in [0.15, 0.2) is 30.3 Å². The van der Waals surface area contributed by atoms with Crippen molar-refractivity contribution < 1.29 is 0 Å². The molecule has 78 valence electrons. The lowest BCUT2D eigenvalue weighted by Crippen LogP contribution is -2.29. The van der Waals surface area contributed by atoms with Crippen molar-refractivity contribution in [3.05, 3.63) is 35.9 Å². The molecule has 0 heterocycles. The molecular weight excluding hydrogens is 184 g/mol. The molecule has 1 unspecified atom stereocenters. The lowest BCUT2D eigenvalue weighted by atomic mass is 10.1. The molecule has 1 aromatic carbocycles. The highest BCUT2D eigenvalue weighted by atomic mass is 15.0. The number of nitrogens with one attached hydrogen (secondary N) is 1. The maximum atomic E-state index is 9.13.